The minimum atomic E-state index is -0.762. The largest absolute Gasteiger partial charge is 0.456 e. The smallest absolute Gasteiger partial charge is 0.355 e. The molecule has 26 heavy (non-hydrogen) atoms. The SMILES string of the molecule is CO/N=C(/C(=O)N[C@@H]1C(=O)N2C3=C(COC3=O)CS[C@H]12)c1cnc(N)s1. The number of amides is 2. The number of hydrogen-bond acceptors (Lipinski definition) is 10. The van der Waals surface area contributed by atoms with Crippen LogP contribution in [0.4, 0.5) is 5.13 Å². The van der Waals surface area contributed by atoms with E-state index in [2.05, 4.69) is 15.5 Å². The molecule has 2 amide bonds. The summed E-state index contributed by atoms with van der Waals surface area (Å²) in [6.07, 6.45) is 1.41. The Balaban J connectivity index is 1.51. The van der Waals surface area contributed by atoms with E-state index in [1.165, 1.54) is 30.0 Å². The molecule has 1 aromatic rings. The molecule has 12 heteroatoms. The molecule has 0 radical (unpaired) electrons. The zero-order chi connectivity index (χ0) is 18.4. The Morgan fingerprint density at radius 3 is 3.04 bits per heavy atom. The first-order chi connectivity index (χ1) is 12.5. The number of nitrogen functional groups attached to an aromatic ring is 1. The minimum Gasteiger partial charge on any atom is -0.456 e. The molecule has 4 heterocycles. The molecule has 0 spiro atoms. The van der Waals surface area contributed by atoms with Crippen molar-refractivity contribution in [2.24, 2.45) is 5.16 Å². The van der Waals surface area contributed by atoms with Crippen LogP contribution in [0.2, 0.25) is 0 Å². The molecule has 1 saturated heterocycles. The number of anilines is 1. The Hall–Kier alpha value is -2.60. The summed E-state index contributed by atoms with van der Waals surface area (Å²) in [5.41, 5.74) is 6.68. The summed E-state index contributed by atoms with van der Waals surface area (Å²) in [6, 6.07) is -0.762. The summed E-state index contributed by atoms with van der Waals surface area (Å²) in [6.45, 7) is 0.214. The van der Waals surface area contributed by atoms with Crippen molar-refractivity contribution < 1.29 is 24.0 Å². The van der Waals surface area contributed by atoms with Crippen LogP contribution in [0.1, 0.15) is 4.88 Å². The molecule has 136 valence electrons. The van der Waals surface area contributed by atoms with Crippen LogP contribution in [0, 0.1) is 0 Å². The van der Waals surface area contributed by atoms with E-state index in [0.29, 0.717) is 16.3 Å². The van der Waals surface area contributed by atoms with Gasteiger partial charge in [0, 0.05) is 17.5 Å². The molecular formula is C14H13N5O5S2. The maximum absolute atomic E-state index is 12.6. The molecule has 10 nitrogen and oxygen atoms in total. The third kappa shape index (κ3) is 2.52. The average Bonchev–Trinajstić information content (AvgIpc) is 3.22. The van der Waals surface area contributed by atoms with Crippen LogP contribution < -0.4 is 11.1 Å². The van der Waals surface area contributed by atoms with Gasteiger partial charge < -0.3 is 20.6 Å². The zero-order valence-electron chi connectivity index (χ0n) is 13.4. The van der Waals surface area contributed by atoms with Crippen LogP contribution in [-0.4, -0.2) is 64.3 Å². The number of nitrogens with two attached hydrogens (primary N) is 1. The summed E-state index contributed by atoms with van der Waals surface area (Å²) in [4.78, 5) is 47.3. The number of esters is 1. The molecule has 0 aromatic carbocycles. The number of fused-ring (bicyclic) bond motifs is 2. The highest BCUT2D eigenvalue weighted by Gasteiger charge is 2.55. The Kier molecular flexibility index (Phi) is 4.07. The van der Waals surface area contributed by atoms with E-state index in [1.807, 2.05) is 0 Å². The van der Waals surface area contributed by atoms with Gasteiger partial charge in [-0.05, 0) is 0 Å². The maximum atomic E-state index is 12.6. The first-order valence-electron chi connectivity index (χ1n) is 7.48. The van der Waals surface area contributed by atoms with Crippen molar-refractivity contribution in [2.45, 2.75) is 11.4 Å². The predicted molar refractivity (Wildman–Crippen MR) is 93.1 cm³/mol. The van der Waals surface area contributed by atoms with E-state index in [-0.39, 0.29) is 28.7 Å². The minimum absolute atomic E-state index is 0.0195. The van der Waals surface area contributed by atoms with E-state index < -0.39 is 17.9 Å². The second kappa shape index (κ2) is 6.29. The van der Waals surface area contributed by atoms with Crippen molar-refractivity contribution in [1.29, 1.82) is 0 Å². The summed E-state index contributed by atoms with van der Waals surface area (Å²) in [5.74, 6) is -0.859. The standard InChI is InChI=1S/C14H13N5O5S2/c1-23-18-7(6-2-16-14(15)26-6)10(20)17-8-11(21)19-9-5(3-24-13(9)22)4-25-12(8)19/h2,8,12H,3-4H2,1H3,(H2,15,16)(H,17,20)/b18-7+/t8-,12-/m1/s1. The van der Waals surface area contributed by atoms with Gasteiger partial charge in [-0.3, -0.25) is 14.5 Å². The van der Waals surface area contributed by atoms with Gasteiger partial charge in [0.1, 0.15) is 30.8 Å². The molecule has 2 atom stereocenters. The number of β-lactam (4-membered cyclic amide) rings is 1. The Labute approximate surface area is 155 Å². The molecule has 0 saturated carbocycles. The fourth-order valence-corrected chi connectivity index (χ4v) is 4.89. The molecule has 3 aliphatic rings. The first kappa shape index (κ1) is 16.8. The lowest BCUT2D eigenvalue weighted by Gasteiger charge is -2.48. The van der Waals surface area contributed by atoms with Crippen LogP contribution >= 0.6 is 23.1 Å². The lowest BCUT2D eigenvalue weighted by molar-refractivity contribution is -0.150. The number of hydrogen-bond donors (Lipinski definition) is 2. The Morgan fingerprint density at radius 2 is 2.35 bits per heavy atom. The quantitative estimate of drug-likeness (QED) is 0.295. The number of nitrogens with one attached hydrogen (secondary N) is 1. The van der Waals surface area contributed by atoms with E-state index in [4.69, 9.17) is 15.3 Å². The van der Waals surface area contributed by atoms with Crippen molar-refractivity contribution in [2.75, 3.05) is 25.2 Å². The van der Waals surface area contributed by atoms with Gasteiger partial charge in [-0.15, -0.1) is 11.8 Å². The topological polar surface area (TPSA) is 136 Å². The van der Waals surface area contributed by atoms with Gasteiger partial charge in [-0.25, -0.2) is 9.78 Å². The van der Waals surface area contributed by atoms with Gasteiger partial charge in [0.05, 0.1) is 4.88 Å². The van der Waals surface area contributed by atoms with Crippen LogP contribution in [0.5, 0.6) is 0 Å². The number of oxime groups is 1. The lowest BCUT2D eigenvalue weighted by Crippen LogP contribution is -2.70. The number of aromatic nitrogens is 1. The zero-order valence-corrected chi connectivity index (χ0v) is 15.1. The molecule has 3 N–H and O–H groups in total. The number of thiazole rings is 1. The maximum Gasteiger partial charge on any atom is 0.355 e. The molecule has 1 aromatic heterocycles. The highest BCUT2D eigenvalue weighted by molar-refractivity contribution is 8.00. The number of cyclic esters (lactones) is 1. The van der Waals surface area contributed by atoms with E-state index >= 15 is 0 Å². The van der Waals surface area contributed by atoms with Gasteiger partial charge in [0.25, 0.3) is 11.8 Å². The Bertz CT molecular complexity index is 879. The summed E-state index contributed by atoms with van der Waals surface area (Å²) >= 11 is 2.55. The van der Waals surface area contributed by atoms with Crippen molar-refractivity contribution in [3.8, 4) is 0 Å². The van der Waals surface area contributed by atoms with Crippen LogP contribution in [0.3, 0.4) is 0 Å². The third-order valence-electron chi connectivity index (χ3n) is 4.06. The number of carbonyl (C=O) groups excluding carboxylic acids is 3. The second-order valence-corrected chi connectivity index (χ2v) is 7.74. The molecule has 3 aliphatic heterocycles. The van der Waals surface area contributed by atoms with Gasteiger partial charge in [-0.1, -0.05) is 16.5 Å². The number of thioether (sulfide) groups is 1. The highest BCUT2D eigenvalue weighted by atomic mass is 32.2. The number of carbonyl (C=O) groups is 3. The van der Waals surface area contributed by atoms with Gasteiger partial charge in [-0.2, -0.15) is 0 Å². The predicted octanol–water partition coefficient (Wildman–Crippen LogP) is -0.713. The molecular weight excluding hydrogens is 382 g/mol. The second-order valence-electron chi connectivity index (χ2n) is 5.57. The highest BCUT2D eigenvalue weighted by Crippen LogP contribution is 2.42. The van der Waals surface area contributed by atoms with Gasteiger partial charge in [0.2, 0.25) is 0 Å². The average molecular weight is 395 g/mol. The van der Waals surface area contributed by atoms with Crippen LogP contribution in [0.25, 0.3) is 0 Å². The van der Waals surface area contributed by atoms with Crippen molar-refractivity contribution >= 4 is 51.7 Å². The van der Waals surface area contributed by atoms with Gasteiger partial charge >= 0.3 is 5.97 Å². The molecule has 1 fully saturated rings. The fraction of sp³-hybridized carbons (Fsp3) is 0.357. The number of rotatable bonds is 4. The number of ether oxygens (including phenoxy) is 1. The summed E-state index contributed by atoms with van der Waals surface area (Å²) < 4.78 is 4.99. The van der Waals surface area contributed by atoms with Crippen LogP contribution in [0.15, 0.2) is 22.6 Å². The fourth-order valence-electron chi connectivity index (χ4n) is 2.90. The van der Waals surface area contributed by atoms with Crippen molar-refractivity contribution in [1.82, 2.24) is 15.2 Å². The molecule has 0 aliphatic carbocycles. The summed E-state index contributed by atoms with van der Waals surface area (Å²) in [5, 5.41) is 6.30. The molecule has 4 rings (SSSR count). The van der Waals surface area contributed by atoms with E-state index in [1.54, 1.807) is 0 Å². The third-order valence-corrected chi connectivity index (χ3v) is 6.23. The lowest BCUT2D eigenvalue weighted by atomic mass is 10.0. The number of nitrogens with zero attached hydrogens (tertiary/aromatic N) is 3. The van der Waals surface area contributed by atoms with E-state index in [0.717, 1.165) is 16.9 Å². The van der Waals surface area contributed by atoms with Crippen molar-refractivity contribution in [3.63, 3.8) is 0 Å². The molecule has 0 bridgehead atoms. The normalized spacial score (nSPS) is 24.7. The Morgan fingerprint density at radius 1 is 1.54 bits per heavy atom. The first-order valence-corrected chi connectivity index (χ1v) is 9.35. The van der Waals surface area contributed by atoms with Crippen LogP contribution in [-0.2, 0) is 24.0 Å². The van der Waals surface area contributed by atoms with Crippen molar-refractivity contribution in [3.05, 3.63) is 22.3 Å². The van der Waals surface area contributed by atoms with Gasteiger partial charge in [0.15, 0.2) is 10.8 Å². The monoisotopic (exact) mass is 395 g/mol. The molecule has 0 unspecified atom stereocenters. The van der Waals surface area contributed by atoms with E-state index in [9.17, 15) is 14.4 Å². The summed E-state index contributed by atoms with van der Waals surface area (Å²) in [7, 11) is 1.31.